The van der Waals surface area contributed by atoms with E-state index in [0.29, 0.717) is 23.6 Å². The van der Waals surface area contributed by atoms with Crippen molar-refractivity contribution in [2.75, 3.05) is 65.5 Å². The molecule has 2 aromatic carbocycles. The Kier molecular flexibility index (Phi) is 7.20. The molecule has 176 valence electrons. The summed E-state index contributed by atoms with van der Waals surface area (Å²) in [4.78, 5) is 22.1. The number of nitrogens with one attached hydrogen (secondary N) is 1. The molecule has 1 aliphatic heterocycles. The number of ether oxygens (including phenoxy) is 3. The Bertz CT molecular complexity index is 1130. The van der Waals surface area contributed by atoms with Crippen LogP contribution in [0, 0.1) is 6.92 Å². The topological polar surface area (TPSA) is 76.2 Å². The molecule has 2 heterocycles. The first-order valence-electron chi connectivity index (χ1n) is 11.0. The minimum absolute atomic E-state index is 0.117. The number of aromatic nitrogens is 1. The zero-order valence-electron chi connectivity index (χ0n) is 19.5. The third-order valence-corrected chi connectivity index (χ3v) is 7.17. The number of amides is 1. The zero-order valence-corrected chi connectivity index (χ0v) is 20.3. The fraction of sp³-hybridized carbons (Fsp3) is 0.417. The number of rotatable bonds is 8. The molecule has 1 aliphatic rings. The molecule has 1 aromatic heterocycles. The minimum Gasteiger partial charge on any atom is -0.494 e. The van der Waals surface area contributed by atoms with Gasteiger partial charge in [-0.05, 0) is 36.8 Å². The van der Waals surface area contributed by atoms with E-state index in [1.54, 1.807) is 50.9 Å². The Balaban J connectivity index is 1.28. The van der Waals surface area contributed by atoms with Gasteiger partial charge < -0.3 is 24.4 Å². The van der Waals surface area contributed by atoms with Crippen LogP contribution in [0.4, 0.5) is 5.13 Å². The van der Waals surface area contributed by atoms with Crippen molar-refractivity contribution in [3.63, 3.8) is 0 Å². The largest absolute Gasteiger partial charge is 0.494 e. The summed E-state index contributed by atoms with van der Waals surface area (Å²) < 4.78 is 17.2. The summed E-state index contributed by atoms with van der Waals surface area (Å²) in [5, 5.41) is 4.04. The van der Waals surface area contributed by atoms with Crippen LogP contribution in [0.3, 0.4) is 0 Å². The van der Waals surface area contributed by atoms with Crippen molar-refractivity contribution >= 4 is 32.6 Å². The van der Waals surface area contributed by atoms with Gasteiger partial charge in [0.15, 0.2) is 16.6 Å². The minimum atomic E-state index is -0.117. The lowest BCUT2D eigenvalue weighted by Crippen LogP contribution is -2.48. The van der Waals surface area contributed by atoms with Crippen molar-refractivity contribution < 1.29 is 19.0 Å². The lowest BCUT2D eigenvalue weighted by molar-refractivity contribution is 0.0947. The predicted octanol–water partition coefficient (Wildman–Crippen LogP) is 3.18. The second-order valence-corrected chi connectivity index (χ2v) is 8.89. The van der Waals surface area contributed by atoms with Gasteiger partial charge in [-0.3, -0.25) is 9.69 Å². The average molecular weight is 471 g/mol. The monoisotopic (exact) mass is 470 g/mol. The maximum atomic E-state index is 12.5. The molecule has 1 fully saturated rings. The van der Waals surface area contributed by atoms with Gasteiger partial charge in [0.05, 0.1) is 26.0 Å². The molecule has 3 aromatic rings. The Morgan fingerprint density at radius 1 is 1.00 bits per heavy atom. The summed E-state index contributed by atoms with van der Waals surface area (Å²) in [6.07, 6.45) is 0. The number of carbonyl (C=O) groups is 1. The summed E-state index contributed by atoms with van der Waals surface area (Å²) in [6, 6.07) is 9.24. The van der Waals surface area contributed by atoms with Crippen LogP contribution >= 0.6 is 11.3 Å². The zero-order chi connectivity index (χ0) is 23.4. The van der Waals surface area contributed by atoms with Crippen LogP contribution < -0.4 is 24.4 Å². The molecule has 0 unspecified atom stereocenters. The van der Waals surface area contributed by atoms with Crippen molar-refractivity contribution in [3.8, 4) is 17.2 Å². The first-order valence-corrected chi connectivity index (χ1v) is 11.8. The number of hydrogen-bond acceptors (Lipinski definition) is 8. The Morgan fingerprint density at radius 3 is 2.39 bits per heavy atom. The maximum Gasteiger partial charge on any atom is 0.251 e. The van der Waals surface area contributed by atoms with Crippen molar-refractivity contribution in [2.45, 2.75) is 6.92 Å². The number of fused-ring (bicyclic) bond motifs is 1. The number of aryl methyl sites for hydroxylation is 1. The highest BCUT2D eigenvalue weighted by Gasteiger charge is 2.21. The maximum absolute atomic E-state index is 12.5. The second-order valence-electron chi connectivity index (χ2n) is 7.91. The Labute approximate surface area is 198 Å². The molecule has 9 heteroatoms. The molecular weight excluding hydrogens is 440 g/mol. The average Bonchev–Trinajstić information content (AvgIpc) is 3.30. The van der Waals surface area contributed by atoms with Gasteiger partial charge in [-0.15, -0.1) is 0 Å². The van der Waals surface area contributed by atoms with E-state index in [1.165, 1.54) is 10.3 Å². The van der Waals surface area contributed by atoms with Gasteiger partial charge in [0.1, 0.15) is 11.3 Å². The molecule has 1 N–H and O–H groups in total. The van der Waals surface area contributed by atoms with Crippen molar-refractivity contribution in [1.29, 1.82) is 0 Å². The van der Waals surface area contributed by atoms with E-state index < -0.39 is 0 Å². The molecule has 1 saturated heterocycles. The molecule has 0 saturated carbocycles. The van der Waals surface area contributed by atoms with Crippen molar-refractivity contribution in [2.24, 2.45) is 0 Å². The third kappa shape index (κ3) is 4.99. The van der Waals surface area contributed by atoms with E-state index >= 15 is 0 Å². The summed E-state index contributed by atoms with van der Waals surface area (Å²) in [5.41, 5.74) is 2.72. The molecule has 8 nitrogen and oxygen atoms in total. The van der Waals surface area contributed by atoms with Crippen molar-refractivity contribution in [3.05, 3.63) is 41.5 Å². The van der Waals surface area contributed by atoms with E-state index in [9.17, 15) is 4.79 Å². The second kappa shape index (κ2) is 10.3. The van der Waals surface area contributed by atoms with E-state index in [1.807, 2.05) is 6.07 Å². The molecule has 0 atom stereocenters. The van der Waals surface area contributed by atoms with E-state index in [-0.39, 0.29) is 5.91 Å². The van der Waals surface area contributed by atoms with Crippen LogP contribution in [-0.4, -0.2) is 76.4 Å². The van der Waals surface area contributed by atoms with Gasteiger partial charge in [-0.25, -0.2) is 4.98 Å². The van der Waals surface area contributed by atoms with Gasteiger partial charge >= 0.3 is 0 Å². The van der Waals surface area contributed by atoms with E-state index in [4.69, 9.17) is 19.2 Å². The number of piperazine rings is 1. The van der Waals surface area contributed by atoms with Crippen LogP contribution in [0.15, 0.2) is 30.3 Å². The van der Waals surface area contributed by atoms with E-state index in [2.05, 4.69) is 28.1 Å². The fourth-order valence-corrected chi connectivity index (χ4v) is 5.07. The van der Waals surface area contributed by atoms with Crippen molar-refractivity contribution in [1.82, 2.24) is 15.2 Å². The standard InChI is InChI=1S/C24H30N4O4S/c1-16-5-7-19(31-3)21-22(16)33-24(26-21)28-13-11-27(12-14-28)10-9-25-23(29)17-6-8-18(30-2)20(15-17)32-4/h5-8,15H,9-14H2,1-4H3,(H,25,29). The molecule has 0 aliphatic carbocycles. The SMILES string of the molecule is COc1ccc(C(=O)NCCN2CCN(c3nc4c(OC)ccc(C)c4s3)CC2)cc1OC. The van der Waals surface area contributed by atoms with Gasteiger partial charge in [-0.1, -0.05) is 17.4 Å². The quantitative estimate of drug-likeness (QED) is 0.542. The highest BCUT2D eigenvalue weighted by Crippen LogP contribution is 2.36. The van der Waals surface area contributed by atoms with E-state index in [0.717, 1.165) is 49.1 Å². The van der Waals surface area contributed by atoms with Crippen LogP contribution in [0.5, 0.6) is 17.2 Å². The molecule has 0 radical (unpaired) electrons. The van der Waals surface area contributed by atoms with Gasteiger partial charge in [-0.2, -0.15) is 0 Å². The predicted molar refractivity (Wildman–Crippen MR) is 131 cm³/mol. The Hall–Kier alpha value is -3.04. The summed E-state index contributed by atoms with van der Waals surface area (Å²) >= 11 is 1.73. The summed E-state index contributed by atoms with van der Waals surface area (Å²) in [7, 11) is 4.82. The van der Waals surface area contributed by atoms with Crippen LogP contribution in [-0.2, 0) is 0 Å². The number of thiazole rings is 1. The number of nitrogens with zero attached hydrogens (tertiary/aromatic N) is 3. The van der Waals surface area contributed by atoms with Gasteiger partial charge in [0.25, 0.3) is 5.91 Å². The molecule has 0 bridgehead atoms. The summed E-state index contributed by atoms with van der Waals surface area (Å²) in [6.45, 7) is 7.18. The fourth-order valence-electron chi connectivity index (χ4n) is 3.97. The van der Waals surface area contributed by atoms with Gasteiger partial charge in [0, 0.05) is 44.8 Å². The lowest BCUT2D eigenvalue weighted by atomic mass is 10.2. The number of anilines is 1. The number of hydrogen-bond donors (Lipinski definition) is 1. The number of methoxy groups -OCH3 is 3. The molecule has 4 rings (SSSR count). The number of benzene rings is 2. The van der Waals surface area contributed by atoms with Crippen LogP contribution in [0.1, 0.15) is 15.9 Å². The first-order chi connectivity index (χ1) is 16.0. The molecule has 1 amide bonds. The van der Waals surface area contributed by atoms with Crippen LogP contribution in [0.25, 0.3) is 10.2 Å². The molecular formula is C24H30N4O4S. The highest BCUT2D eigenvalue weighted by molar-refractivity contribution is 7.22. The molecule has 0 spiro atoms. The third-order valence-electron chi connectivity index (χ3n) is 5.91. The number of carbonyl (C=O) groups excluding carboxylic acids is 1. The smallest absolute Gasteiger partial charge is 0.251 e. The normalized spacial score (nSPS) is 14.4. The Morgan fingerprint density at radius 2 is 1.70 bits per heavy atom. The molecule has 33 heavy (non-hydrogen) atoms. The van der Waals surface area contributed by atoms with Gasteiger partial charge in [0.2, 0.25) is 0 Å². The first kappa shape index (κ1) is 23.1. The summed E-state index contributed by atoms with van der Waals surface area (Å²) in [5.74, 6) is 1.85. The lowest BCUT2D eigenvalue weighted by Gasteiger charge is -2.34. The van der Waals surface area contributed by atoms with Crippen LogP contribution in [0.2, 0.25) is 0 Å². The highest BCUT2D eigenvalue weighted by atomic mass is 32.1.